The summed E-state index contributed by atoms with van der Waals surface area (Å²) in [6.45, 7) is 3.94. The monoisotopic (exact) mass is 273 g/mol. The molecule has 0 aromatic rings. The number of rotatable bonds is 6. The van der Waals surface area contributed by atoms with Crippen molar-refractivity contribution in [3.05, 3.63) is 12.2 Å². The fourth-order valence-electron chi connectivity index (χ4n) is 2.14. The molecule has 0 saturated carbocycles. The Balaban J connectivity index is 2.54. The summed E-state index contributed by atoms with van der Waals surface area (Å²) in [5.74, 6) is -0.354. The Morgan fingerprint density at radius 1 is 1.33 bits per heavy atom. The Kier molecular flexibility index (Phi) is 5.85. The van der Waals surface area contributed by atoms with Crippen molar-refractivity contribution >= 4 is 15.9 Å². The maximum absolute atomic E-state index is 11.9. The largest absolute Gasteiger partial charge is 0.274 e. The fraction of sp³-hybridized carbons (Fsp3) is 0.769. The van der Waals surface area contributed by atoms with Crippen molar-refractivity contribution in [3.63, 3.8) is 0 Å². The minimum absolute atomic E-state index is 0.0499. The molecule has 0 fully saturated rings. The van der Waals surface area contributed by atoms with Crippen molar-refractivity contribution in [3.8, 4) is 0 Å². The molecule has 0 aromatic carbocycles. The SMILES string of the molecule is CCC(CC)CS(=O)(=O)NC(=O)C1CC=CCC1. The first-order chi connectivity index (χ1) is 8.48. The third-order valence-corrected chi connectivity index (χ3v) is 4.93. The normalized spacial score (nSPS) is 20.1. The second-order valence-corrected chi connectivity index (χ2v) is 6.68. The quantitative estimate of drug-likeness (QED) is 0.755. The van der Waals surface area contributed by atoms with Gasteiger partial charge >= 0.3 is 0 Å². The smallest absolute Gasteiger partial charge is 0.236 e. The van der Waals surface area contributed by atoms with Crippen molar-refractivity contribution in [2.45, 2.75) is 46.0 Å². The zero-order chi connectivity index (χ0) is 13.6. The molecule has 1 amide bonds. The van der Waals surface area contributed by atoms with Crippen LogP contribution in [-0.4, -0.2) is 20.1 Å². The average molecular weight is 273 g/mol. The molecule has 1 aliphatic carbocycles. The van der Waals surface area contributed by atoms with Crippen LogP contribution in [0.5, 0.6) is 0 Å². The van der Waals surface area contributed by atoms with Crippen molar-refractivity contribution < 1.29 is 13.2 Å². The van der Waals surface area contributed by atoms with E-state index in [9.17, 15) is 13.2 Å². The van der Waals surface area contributed by atoms with Gasteiger partial charge in [-0.1, -0.05) is 38.8 Å². The van der Waals surface area contributed by atoms with Gasteiger partial charge < -0.3 is 0 Å². The minimum atomic E-state index is -3.48. The van der Waals surface area contributed by atoms with E-state index in [1.54, 1.807) is 0 Å². The Morgan fingerprint density at radius 2 is 2.00 bits per heavy atom. The molecule has 1 aliphatic rings. The fourth-order valence-corrected chi connectivity index (χ4v) is 3.79. The minimum Gasteiger partial charge on any atom is -0.274 e. The topological polar surface area (TPSA) is 63.2 Å². The summed E-state index contributed by atoms with van der Waals surface area (Å²) in [5.41, 5.74) is 0. The summed E-state index contributed by atoms with van der Waals surface area (Å²) >= 11 is 0. The first-order valence-electron chi connectivity index (χ1n) is 6.67. The predicted octanol–water partition coefficient (Wildman–Crippen LogP) is 2.22. The average Bonchev–Trinajstić information content (AvgIpc) is 2.36. The Bertz CT molecular complexity index is 396. The molecule has 0 heterocycles. The van der Waals surface area contributed by atoms with Crippen LogP contribution >= 0.6 is 0 Å². The summed E-state index contributed by atoms with van der Waals surface area (Å²) in [6, 6.07) is 0. The van der Waals surface area contributed by atoms with Crippen molar-refractivity contribution in [1.82, 2.24) is 4.72 Å². The lowest BCUT2D eigenvalue weighted by Gasteiger charge is -2.18. The molecular weight excluding hydrogens is 250 g/mol. The van der Waals surface area contributed by atoms with E-state index in [-0.39, 0.29) is 23.5 Å². The van der Waals surface area contributed by atoms with Gasteiger partial charge in [0.15, 0.2) is 0 Å². The van der Waals surface area contributed by atoms with Crippen LogP contribution in [-0.2, 0) is 14.8 Å². The molecule has 1 atom stereocenters. The molecule has 0 radical (unpaired) electrons. The number of amides is 1. The second kappa shape index (κ2) is 6.92. The number of nitrogens with one attached hydrogen (secondary N) is 1. The zero-order valence-corrected chi connectivity index (χ0v) is 12.0. The molecular formula is C13H23NO3S. The van der Waals surface area contributed by atoms with Gasteiger partial charge in [0.2, 0.25) is 15.9 Å². The lowest BCUT2D eigenvalue weighted by molar-refractivity contribution is -0.123. The van der Waals surface area contributed by atoms with Crippen LogP contribution in [0, 0.1) is 11.8 Å². The van der Waals surface area contributed by atoms with Gasteiger partial charge in [-0.2, -0.15) is 0 Å². The van der Waals surface area contributed by atoms with Crippen molar-refractivity contribution in [2.24, 2.45) is 11.8 Å². The van der Waals surface area contributed by atoms with Gasteiger partial charge in [0.25, 0.3) is 0 Å². The molecule has 0 bridgehead atoms. The lowest BCUT2D eigenvalue weighted by atomic mass is 9.94. The highest BCUT2D eigenvalue weighted by atomic mass is 32.2. The van der Waals surface area contributed by atoms with E-state index in [1.165, 1.54) is 0 Å². The summed E-state index contributed by atoms with van der Waals surface area (Å²) in [5, 5.41) is 0. The molecule has 0 aliphatic heterocycles. The van der Waals surface area contributed by atoms with Gasteiger partial charge in [0.05, 0.1) is 5.75 Å². The standard InChI is InChI=1S/C13H23NO3S/c1-3-11(4-2)10-18(16,17)14-13(15)12-8-6-5-7-9-12/h5-6,11-12H,3-4,7-10H2,1-2H3,(H,14,15). The third kappa shape index (κ3) is 4.80. The summed E-state index contributed by atoms with van der Waals surface area (Å²) in [4.78, 5) is 11.8. The van der Waals surface area contributed by atoms with Gasteiger partial charge in [0, 0.05) is 5.92 Å². The van der Waals surface area contributed by atoms with E-state index in [0.29, 0.717) is 6.42 Å². The van der Waals surface area contributed by atoms with Crippen LogP contribution in [0.1, 0.15) is 46.0 Å². The number of hydrogen-bond donors (Lipinski definition) is 1. The van der Waals surface area contributed by atoms with Gasteiger partial charge in [-0.3, -0.25) is 9.52 Å². The van der Waals surface area contributed by atoms with Gasteiger partial charge in [-0.15, -0.1) is 0 Å². The predicted molar refractivity (Wildman–Crippen MR) is 72.5 cm³/mol. The first-order valence-corrected chi connectivity index (χ1v) is 8.33. The molecule has 18 heavy (non-hydrogen) atoms. The molecule has 104 valence electrons. The third-order valence-electron chi connectivity index (χ3n) is 3.51. The van der Waals surface area contributed by atoms with E-state index in [4.69, 9.17) is 0 Å². The molecule has 4 nitrogen and oxygen atoms in total. The van der Waals surface area contributed by atoms with E-state index in [0.717, 1.165) is 25.7 Å². The highest BCUT2D eigenvalue weighted by molar-refractivity contribution is 7.90. The van der Waals surface area contributed by atoms with Gasteiger partial charge in [-0.05, 0) is 25.2 Å². The first kappa shape index (κ1) is 15.2. The van der Waals surface area contributed by atoms with Crippen LogP contribution < -0.4 is 4.72 Å². The van der Waals surface area contributed by atoms with Crippen LogP contribution in [0.3, 0.4) is 0 Å². The van der Waals surface area contributed by atoms with E-state index in [2.05, 4.69) is 4.72 Å². The molecule has 1 rings (SSSR count). The Morgan fingerprint density at radius 3 is 2.50 bits per heavy atom. The van der Waals surface area contributed by atoms with Crippen LogP contribution in [0.2, 0.25) is 0 Å². The molecule has 1 unspecified atom stereocenters. The number of allylic oxidation sites excluding steroid dienone is 2. The maximum atomic E-state index is 11.9. The summed E-state index contributed by atoms with van der Waals surface area (Å²) in [6.07, 6.45) is 7.85. The van der Waals surface area contributed by atoms with Crippen LogP contribution in [0.15, 0.2) is 12.2 Å². The van der Waals surface area contributed by atoms with Crippen LogP contribution in [0.25, 0.3) is 0 Å². The number of carbonyl (C=O) groups excluding carboxylic acids is 1. The maximum Gasteiger partial charge on any atom is 0.236 e. The van der Waals surface area contributed by atoms with Gasteiger partial charge in [-0.25, -0.2) is 8.42 Å². The van der Waals surface area contributed by atoms with Crippen molar-refractivity contribution in [1.29, 1.82) is 0 Å². The number of sulfonamides is 1. The van der Waals surface area contributed by atoms with Gasteiger partial charge in [0.1, 0.15) is 0 Å². The Labute approximate surface area is 110 Å². The molecule has 5 heteroatoms. The molecule has 0 saturated heterocycles. The second-order valence-electron chi connectivity index (χ2n) is 4.91. The van der Waals surface area contributed by atoms with E-state index < -0.39 is 10.0 Å². The van der Waals surface area contributed by atoms with Crippen molar-refractivity contribution in [2.75, 3.05) is 5.75 Å². The Hall–Kier alpha value is -0.840. The molecule has 0 spiro atoms. The summed E-state index contributed by atoms with van der Waals surface area (Å²) in [7, 11) is -3.48. The highest BCUT2D eigenvalue weighted by Crippen LogP contribution is 2.18. The zero-order valence-electron chi connectivity index (χ0n) is 11.2. The number of carbonyl (C=O) groups is 1. The molecule has 0 aromatic heterocycles. The summed E-state index contributed by atoms with van der Waals surface area (Å²) < 4.78 is 25.9. The molecule has 1 N–H and O–H groups in total. The van der Waals surface area contributed by atoms with Crippen LogP contribution in [0.4, 0.5) is 0 Å². The van der Waals surface area contributed by atoms with E-state index >= 15 is 0 Å². The van der Waals surface area contributed by atoms with E-state index in [1.807, 2.05) is 26.0 Å². The number of hydrogen-bond acceptors (Lipinski definition) is 3. The highest BCUT2D eigenvalue weighted by Gasteiger charge is 2.24. The lowest BCUT2D eigenvalue weighted by Crippen LogP contribution is -2.38.